The maximum absolute atomic E-state index is 11.0. The minimum absolute atomic E-state index is 0.0377. The smallest absolute Gasteiger partial charge is 0.176 e. The Morgan fingerprint density at radius 3 is 3.09 bits per heavy atom. The van der Waals surface area contributed by atoms with Crippen LogP contribution < -0.4 is 0 Å². The number of nitrogens with zero attached hydrogens (tertiary/aromatic N) is 1. The van der Waals surface area contributed by atoms with Gasteiger partial charge in [-0.25, -0.2) is 0 Å². The van der Waals surface area contributed by atoms with Crippen LogP contribution in [-0.4, -0.2) is 5.78 Å². The van der Waals surface area contributed by atoms with Crippen LogP contribution in [0, 0.1) is 11.3 Å². The molecule has 2 heteroatoms. The summed E-state index contributed by atoms with van der Waals surface area (Å²) < 4.78 is 0. The van der Waals surface area contributed by atoms with Crippen LogP contribution in [0.2, 0.25) is 0 Å². The van der Waals surface area contributed by atoms with Crippen molar-refractivity contribution in [1.29, 1.82) is 5.26 Å². The molecule has 1 rings (SSSR count). The SMILES string of the molecule is N#CCC(=O)c1ccc[14cH]c1. The minimum Gasteiger partial charge on any atom is -0.293 e. The summed E-state index contributed by atoms with van der Waals surface area (Å²) in [6.07, 6.45) is -0.0377. The molecule has 54 valence electrons. The highest BCUT2D eigenvalue weighted by Crippen LogP contribution is 2.01. The summed E-state index contributed by atoms with van der Waals surface area (Å²) in [4.78, 5) is 11.0. The van der Waals surface area contributed by atoms with E-state index in [4.69, 9.17) is 5.26 Å². The van der Waals surface area contributed by atoms with E-state index in [0.717, 1.165) is 0 Å². The van der Waals surface area contributed by atoms with Crippen LogP contribution in [-0.2, 0) is 0 Å². The quantitative estimate of drug-likeness (QED) is 0.598. The third-order valence-electron chi connectivity index (χ3n) is 1.34. The van der Waals surface area contributed by atoms with Crippen molar-refractivity contribution in [3.63, 3.8) is 0 Å². The van der Waals surface area contributed by atoms with Gasteiger partial charge < -0.3 is 0 Å². The average molecular weight is 147 g/mol. The van der Waals surface area contributed by atoms with Crippen molar-refractivity contribution in [2.45, 2.75) is 6.42 Å². The molecule has 0 saturated carbocycles. The summed E-state index contributed by atoms with van der Waals surface area (Å²) in [6, 6.07) is 10.6. The lowest BCUT2D eigenvalue weighted by atomic mass is 10.1. The predicted molar refractivity (Wildman–Crippen MR) is 41.0 cm³/mol. The summed E-state index contributed by atoms with van der Waals surface area (Å²) in [5.41, 5.74) is 0.606. The normalized spacial score (nSPS) is 8.64. The van der Waals surface area contributed by atoms with Crippen molar-refractivity contribution in [3.8, 4) is 6.07 Å². The molecular weight excluding hydrogens is 140 g/mol. The lowest BCUT2D eigenvalue weighted by Crippen LogP contribution is -1.95. The topological polar surface area (TPSA) is 40.9 Å². The Morgan fingerprint density at radius 1 is 1.73 bits per heavy atom. The van der Waals surface area contributed by atoms with Crippen LogP contribution >= 0.6 is 0 Å². The Hall–Kier alpha value is -1.62. The second-order valence-corrected chi connectivity index (χ2v) is 2.12. The standard InChI is InChI=1S/C9H7NO/c10-7-6-9(11)8-4-2-1-3-5-8/h1-5H,6H2/i2+2. The van der Waals surface area contributed by atoms with Crippen LogP contribution in [0.1, 0.15) is 16.8 Å². The molecule has 0 aliphatic heterocycles. The Balaban J connectivity index is 2.79. The van der Waals surface area contributed by atoms with E-state index in [1.54, 1.807) is 24.3 Å². The molecule has 0 aliphatic rings. The lowest BCUT2D eigenvalue weighted by molar-refractivity contribution is 0.0998. The zero-order chi connectivity index (χ0) is 8.10. The van der Waals surface area contributed by atoms with Crippen LogP contribution in [0.5, 0.6) is 0 Å². The number of rotatable bonds is 2. The third-order valence-corrected chi connectivity index (χ3v) is 1.34. The Kier molecular flexibility index (Phi) is 2.40. The van der Waals surface area contributed by atoms with Crippen LogP contribution in [0.4, 0.5) is 0 Å². The molecule has 0 unspecified atom stereocenters. The van der Waals surface area contributed by atoms with Crippen molar-refractivity contribution >= 4 is 5.78 Å². The molecule has 0 heterocycles. The molecule has 0 spiro atoms. The van der Waals surface area contributed by atoms with Crippen LogP contribution in [0.15, 0.2) is 30.3 Å². The average Bonchev–Trinajstić information content (AvgIpc) is 2.07. The molecule has 0 aliphatic carbocycles. The molecule has 0 amide bonds. The summed E-state index contributed by atoms with van der Waals surface area (Å²) in [7, 11) is 0. The molecular formula is C9H7NO. The first-order valence-corrected chi connectivity index (χ1v) is 3.30. The van der Waals surface area contributed by atoms with Crippen molar-refractivity contribution in [2.24, 2.45) is 0 Å². The van der Waals surface area contributed by atoms with E-state index in [1.165, 1.54) is 0 Å². The highest BCUT2D eigenvalue weighted by atomic mass is 16.1. The molecule has 0 fully saturated rings. The van der Waals surface area contributed by atoms with Gasteiger partial charge in [0.05, 0.1) is 12.5 Å². The van der Waals surface area contributed by atoms with Crippen molar-refractivity contribution in [3.05, 3.63) is 35.9 Å². The fourth-order valence-electron chi connectivity index (χ4n) is 0.798. The second kappa shape index (κ2) is 3.52. The van der Waals surface area contributed by atoms with Gasteiger partial charge >= 0.3 is 0 Å². The monoisotopic (exact) mass is 147 g/mol. The zero-order valence-corrected chi connectivity index (χ0v) is 5.95. The van der Waals surface area contributed by atoms with Gasteiger partial charge in [-0.3, -0.25) is 4.79 Å². The second-order valence-electron chi connectivity index (χ2n) is 2.12. The zero-order valence-electron chi connectivity index (χ0n) is 5.95. The van der Waals surface area contributed by atoms with E-state index < -0.39 is 0 Å². The van der Waals surface area contributed by atoms with Crippen LogP contribution in [0.3, 0.4) is 0 Å². The molecule has 1 aromatic carbocycles. The van der Waals surface area contributed by atoms with E-state index in [0.29, 0.717) is 5.56 Å². The maximum atomic E-state index is 11.0. The summed E-state index contributed by atoms with van der Waals surface area (Å²) in [5, 5.41) is 8.23. The number of hydrogen-bond donors (Lipinski definition) is 0. The van der Waals surface area contributed by atoms with E-state index in [2.05, 4.69) is 0 Å². The molecule has 0 saturated heterocycles. The largest absolute Gasteiger partial charge is 0.293 e. The van der Waals surface area contributed by atoms with E-state index >= 15 is 0 Å². The third kappa shape index (κ3) is 1.91. The Labute approximate surface area is 65.1 Å². The van der Waals surface area contributed by atoms with Crippen LogP contribution in [0.25, 0.3) is 0 Å². The molecule has 2 nitrogen and oxygen atoms in total. The Bertz CT molecular complexity index is 284. The maximum Gasteiger partial charge on any atom is 0.176 e. The fourth-order valence-corrected chi connectivity index (χ4v) is 0.798. The summed E-state index contributed by atoms with van der Waals surface area (Å²) in [6.45, 7) is 0. The number of nitriles is 1. The van der Waals surface area contributed by atoms with Crippen molar-refractivity contribution < 1.29 is 4.79 Å². The highest BCUT2D eigenvalue weighted by molar-refractivity contribution is 5.97. The molecule has 0 bridgehead atoms. The first-order chi connectivity index (χ1) is 5.34. The first-order valence-electron chi connectivity index (χ1n) is 3.30. The van der Waals surface area contributed by atoms with Gasteiger partial charge in [-0.15, -0.1) is 0 Å². The number of hydrogen-bond acceptors (Lipinski definition) is 2. The van der Waals surface area contributed by atoms with Gasteiger partial charge in [0.15, 0.2) is 5.78 Å². The Morgan fingerprint density at radius 2 is 2.55 bits per heavy atom. The summed E-state index contributed by atoms with van der Waals surface area (Å²) in [5.74, 6) is -0.117. The van der Waals surface area contributed by atoms with Gasteiger partial charge in [-0.2, -0.15) is 5.26 Å². The number of benzene rings is 1. The minimum atomic E-state index is -0.117. The molecule has 1 aromatic rings. The van der Waals surface area contributed by atoms with Crippen molar-refractivity contribution in [2.75, 3.05) is 0 Å². The number of ketones is 1. The first kappa shape index (κ1) is 7.49. The van der Waals surface area contributed by atoms with Crippen molar-refractivity contribution in [1.82, 2.24) is 0 Å². The highest BCUT2D eigenvalue weighted by Gasteiger charge is 2.01. The molecule has 0 radical (unpaired) electrons. The van der Waals surface area contributed by atoms with Gasteiger partial charge in [-0.05, 0) is 0 Å². The van der Waals surface area contributed by atoms with Gasteiger partial charge in [-0.1, -0.05) is 30.3 Å². The number of carbonyl (C=O) groups excluding carboxylic acids is 1. The predicted octanol–water partition coefficient (Wildman–Crippen LogP) is 1.78. The molecule has 0 atom stereocenters. The van der Waals surface area contributed by atoms with E-state index in [1.807, 2.05) is 12.1 Å². The van der Waals surface area contributed by atoms with Gasteiger partial charge in [0.25, 0.3) is 0 Å². The lowest BCUT2D eigenvalue weighted by Gasteiger charge is -1.92. The number of Topliss-reactive ketones (excluding diaryl/α,β-unsaturated/α-hetero) is 1. The fraction of sp³-hybridized carbons (Fsp3) is 0.111. The molecule has 11 heavy (non-hydrogen) atoms. The van der Waals surface area contributed by atoms with E-state index in [-0.39, 0.29) is 12.2 Å². The van der Waals surface area contributed by atoms with Gasteiger partial charge in [0.2, 0.25) is 0 Å². The summed E-state index contributed by atoms with van der Waals surface area (Å²) >= 11 is 0. The van der Waals surface area contributed by atoms with E-state index in [9.17, 15) is 4.79 Å². The van der Waals surface area contributed by atoms with Gasteiger partial charge in [0.1, 0.15) is 0 Å². The number of carbonyl (C=O) groups is 1. The molecule has 0 N–H and O–H groups in total. The van der Waals surface area contributed by atoms with Gasteiger partial charge in [0, 0.05) is 5.56 Å². The molecule has 0 aromatic heterocycles.